The van der Waals surface area contributed by atoms with Gasteiger partial charge < -0.3 is 15.8 Å². The summed E-state index contributed by atoms with van der Waals surface area (Å²) >= 11 is 4.69. The molecule has 3 rings (SSSR count). The van der Waals surface area contributed by atoms with Gasteiger partial charge in [0, 0.05) is 24.3 Å². The Hall–Kier alpha value is -4.30. The van der Waals surface area contributed by atoms with Gasteiger partial charge in [-0.3, -0.25) is 30.4 Å². The van der Waals surface area contributed by atoms with Crippen LogP contribution in [0.5, 0.6) is 0 Å². The smallest absolute Gasteiger partial charge is 0.276 e. The number of aliphatic hydroxyl groups excluding tert-OH is 1. The number of benzene rings is 2. The van der Waals surface area contributed by atoms with E-state index in [0.717, 1.165) is 6.07 Å². The van der Waals surface area contributed by atoms with Crippen molar-refractivity contribution in [2.24, 2.45) is 10.8 Å². The Bertz CT molecular complexity index is 1290. The summed E-state index contributed by atoms with van der Waals surface area (Å²) in [5.74, 6) is 0. The summed E-state index contributed by atoms with van der Waals surface area (Å²) < 4.78 is 0. The van der Waals surface area contributed by atoms with Gasteiger partial charge in [0.05, 0.1) is 20.9 Å². The van der Waals surface area contributed by atoms with Gasteiger partial charge >= 0.3 is 0 Å². The first-order valence-electron chi connectivity index (χ1n) is 8.41. The lowest BCUT2D eigenvalue weighted by molar-refractivity contribution is -0.385. The Balaban J connectivity index is 2.11. The molecule has 0 bridgehead atoms. The monoisotopic (exact) mass is 443 g/mol. The van der Waals surface area contributed by atoms with E-state index in [0.29, 0.717) is 0 Å². The number of aliphatic hydroxyl groups is 1. The summed E-state index contributed by atoms with van der Waals surface area (Å²) in [7, 11) is 0. The highest BCUT2D eigenvalue weighted by Crippen LogP contribution is 2.22. The van der Waals surface area contributed by atoms with E-state index in [-0.39, 0.29) is 44.5 Å². The molecule has 2 aromatic carbocycles. The van der Waals surface area contributed by atoms with E-state index in [1.165, 1.54) is 36.4 Å². The molecular weight excluding hydrogens is 430 g/mol. The summed E-state index contributed by atoms with van der Waals surface area (Å²) in [6, 6.07) is 8.60. The summed E-state index contributed by atoms with van der Waals surface area (Å²) in [6.45, 7) is 0. The van der Waals surface area contributed by atoms with Crippen molar-refractivity contribution in [3.63, 3.8) is 0 Å². The SMILES string of the molecule is NC(=S)NN=C(c1nc2ccc([N+](=O)[O-])cc2[nH]c1=O)C(O)c1ccc([N+](=O)[O-])cc1. The first kappa shape index (κ1) is 21.4. The molecular formula is C17H13N7O6S. The minimum Gasteiger partial charge on any atom is -0.382 e. The van der Waals surface area contributed by atoms with Gasteiger partial charge in [-0.1, -0.05) is 0 Å². The number of nitrogens with one attached hydrogen (secondary N) is 2. The molecule has 158 valence electrons. The van der Waals surface area contributed by atoms with Crippen LogP contribution in [-0.4, -0.2) is 35.7 Å². The van der Waals surface area contributed by atoms with Gasteiger partial charge in [-0.2, -0.15) is 5.10 Å². The fourth-order valence-electron chi connectivity index (χ4n) is 2.66. The lowest BCUT2D eigenvalue weighted by atomic mass is 10.0. The van der Waals surface area contributed by atoms with Crippen LogP contribution in [0.2, 0.25) is 0 Å². The fraction of sp³-hybridized carbons (Fsp3) is 0.0588. The Morgan fingerprint density at radius 2 is 1.77 bits per heavy atom. The molecule has 3 aromatic rings. The summed E-state index contributed by atoms with van der Waals surface area (Å²) in [5.41, 5.74) is 6.30. The van der Waals surface area contributed by atoms with Crippen LogP contribution in [0.15, 0.2) is 52.4 Å². The molecule has 0 fully saturated rings. The maximum atomic E-state index is 12.6. The number of nitrogens with two attached hydrogens (primary N) is 1. The van der Waals surface area contributed by atoms with Gasteiger partial charge in [0.15, 0.2) is 10.8 Å². The average molecular weight is 443 g/mol. The first-order valence-corrected chi connectivity index (χ1v) is 8.82. The number of nitrogens with zero attached hydrogens (tertiary/aromatic N) is 4. The van der Waals surface area contributed by atoms with Crippen molar-refractivity contribution < 1.29 is 15.0 Å². The molecule has 0 aliphatic heterocycles. The molecule has 1 atom stereocenters. The summed E-state index contributed by atoms with van der Waals surface area (Å²) in [6.07, 6.45) is -1.54. The Morgan fingerprint density at radius 1 is 1.16 bits per heavy atom. The molecule has 1 heterocycles. The van der Waals surface area contributed by atoms with Gasteiger partial charge in [-0.25, -0.2) is 4.98 Å². The second kappa shape index (κ2) is 8.60. The second-order valence-corrected chi connectivity index (χ2v) is 6.54. The van der Waals surface area contributed by atoms with Crippen LogP contribution in [0.4, 0.5) is 11.4 Å². The van der Waals surface area contributed by atoms with Crippen LogP contribution in [0.1, 0.15) is 17.4 Å². The van der Waals surface area contributed by atoms with Gasteiger partial charge in [0.25, 0.3) is 16.9 Å². The van der Waals surface area contributed by atoms with Crippen molar-refractivity contribution in [1.29, 1.82) is 0 Å². The topological polar surface area (TPSA) is 203 Å². The van der Waals surface area contributed by atoms with Crippen molar-refractivity contribution in [3.8, 4) is 0 Å². The third kappa shape index (κ3) is 4.65. The molecule has 0 amide bonds. The highest BCUT2D eigenvalue weighted by Gasteiger charge is 2.23. The molecule has 1 unspecified atom stereocenters. The first-order chi connectivity index (χ1) is 14.7. The predicted molar refractivity (Wildman–Crippen MR) is 114 cm³/mol. The van der Waals surface area contributed by atoms with Crippen LogP contribution >= 0.6 is 12.2 Å². The number of hydrazone groups is 1. The van der Waals surface area contributed by atoms with E-state index >= 15 is 0 Å². The molecule has 14 heteroatoms. The number of rotatable bonds is 6. The zero-order valence-corrected chi connectivity index (χ0v) is 16.2. The molecule has 0 saturated carbocycles. The van der Waals surface area contributed by atoms with E-state index in [9.17, 15) is 30.1 Å². The van der Waals surface area contributed by atoms with Crippen molar-refractivity contribution in [1.82, 2.24) is 15.4 Å². The number of nitro groups is 2. The molecule has 31 heavy (non-hydrogen) atoms. The summed E-state index contributed by atoms with van der Waals surface area (Å²) in [5, 5.41) is 36.2. The number of hydrogen-bond acceptors (Lipinski definition) is 9. The lowest BCUT2D eigenvalue weighted by Gasteiger charge is -2.14. The van der Waals surface area contributed by atoms with Gasteiger partial charge in [0.1, 0.15) is 11.8 Å². The van der Waals surface area contributed by atoms with Crippen molar-refractivity contribution >= 4 is 45.5 Å². The zero-order valence-electron chi connectivity index (χ0n) is 15.4. The number of nitro benzene ring substituents is 2. The molecule has 1 aromatic heterocycles. The standard InChI is InChI=1S/C17H13N7O6S/c18-17(31)22-21-13(15(25)8-1-3-9(4-2-8)23(27)28)14-16(26)20-12-7-10(24(29)30)5-6-11(12)19-14/h1-7,15,25H,(H,20,26)(H3,18,22,31). The van der Waals surface area contributed by atoms with E-state index in [1.807, 2.05) is 0 Å². The van der Waals surface area contributed by atoms with Crippen molar-refractivity contribution in [2.75, 3.05) is 0 Å². The number of thiocarbonyl (C=S) groups is 1. The lowest BCUT2D eigenvalue weighted by Crippen LogP contribution is -2.31. The number of fused-ring (bicyclic) bond motifs is 1. The Labute approximate surface area is 177 Å². The van der Waals surface area contributed by atoms with E-state index in [2.05, 4.69) is 20.5 Å². The third-order valence-electron chi connectivity index (χ3n) is 4.09. The minimum atomic E-state index is -1.54. The number of H-pyrrole nitrogens is 1. The van der Waals surface area contributed by atoms with Crippen molar-refractivity contribution in [3.05, 3.63) is 84.3 Å². The van der Waals surface area contributed by atoms with Crippen LogP contribution in [0, 0.1) is 20.2 Å². The maximum absolute atomic E-state index is 12.6. The van der Waals surface area contributed by atoms with E-state index in [1.54, 1.807) is 0 Å². The van der Waals surface area contributed by atoms with Gasteiger partial charge in [-0.05, 0) is 36.0 Å². The molecule has 0 saturated heterocycles. The van der Waals surface area contributed by atoms with Gasteiger partial charge in [0.2, 0.25) is 0 Å². The van der Waals surface area contributed by atoms with Crippen molar-refractivity contribution in [2.45, 2.75) is 6.10 Å². The third-order valence-corrected chi connectivity index (χ3v) is 4.19. The average Bonchev–Trinajstić information content (AvgIpc) is 2.73. The van der Waals surface area contributed by atoms with E-state index < -0.39 is 21.5 Å². The van der Waals surface area contributed by atoms with Crippen LogP contribution in [-0.2, 0) is 0 Å². The highest BCUT2D eigenvalue weighted by atomic mass is 32.1. The normalized spacial score (nSPS) is 12.4. The number of hydrogen-bond donors (Lipinski definition) is 4. The molecule has 13 nitrogen and oxygen atoms in total. The van der Waals surface area contributed by atoms with E-state index in [4.69, 9.17) is 18.0 Å². The number of aromatic amines is 1. The fourth-order valence-corrected chi connectivity index (χ4v) is 2.70. The van der Waals surface area contributed by atoms with Crippen LogP contribution in [0.25, 0.3) is 11.0 Å². The quantitative estimate of drug-likeness (QED) is 0.184. The van der Waals surface area contributed by atoms with Gasteiger partial charge in [-0.15, -0.1) is 0 Å². The maximum Gasteiger partial charge on any atom is 0.276 e. The largest absolute Gasteiger partial charge is 0.382 e. The minimum absolute atomic E-state index is 0.106. The predicted octanol–water partition coefficient (Wildman–Crippen LogP) is 1.01. The van der Waals surface area contributed by atoms with Crippen LogP contribution < -0.4 is 16.7 Å². The zero-order chi connectivity index (χ0) is 22.7. The Kier molecular flexibility index (Phi) is 5.94. The molecule has 0 spiro atoms. The number of aromatic nitrogens is 2. The number of non-ortho nitro benzene ring substituents is 2. The molecule has 5 N–H and O–H groups in total. The molecule has 0 aliphatic rings. The second-order valence-electron chi connectivity index (χ2n) is 6.10. The van der Waals surface area contributed by atoms with Crippen LogP contribution in [0.3, 0.4) is 0 Å². The highest BCUT2D eigenvalue weighted by molar-refractivity contribution is 7.80. The molecule has 0 radical (unpaired) electrons. The molecule has 0 aliphatic carbocycles. The Morgan fingerprint density at radius 3 is 2.35 bits per heavy atom. The summed E-state index contributed by atoms with van der Waals surface area (Å²) in [4.78, 5) is 39.8.